The monoisotopic (exact) mass is 242 g/mol. The standard InChI is InChI=1S/C15H18N2O/c1-13-7-2-3-8-14(13)15(18)16-9-6-12-17-10-4-5-11-17/h2-5,7-8,10-11H,6,9,12H2,1H3,(H,16,18). The quantitative estimate of drug-likeness (QED) is 0.803. The van der Waals surface area contributed by atoms with Gasteiger partial charge in [-0.1, -0.05) is 18.2 Å². The molecule has 1 heterocycles. The summed E-state index contributed by atoms with van der Waals surface area (Å²) in [6.07, 6.45) is 5.00. The van der Waals surface area contributed by atoms with Crippen molar-refractivity contribution in [2.24, 2.45) is 0 Å². The maximum Gasteiger partial charge on any atom is 0.251 e. The van der Waals surface area contributed by atoms with Crippen molar-refractivity contribution in [3.8, 4) is 0 Å². The molecule has 2 rings (SSSR count). The summed E-state index contributed by atoms with van der Waals surface area (Å²) in [5, 5.41) is 2.95. The summed E-state index contributed by atoms with van der Waals surface area (Å²) in [6.45, 7) is 3.58. The smallest absolute Gasteiger partial charge is 0.251 e. The van der Waals surface area contributed by atoms with Crippen molar-refractivity contribution < 1.29 is 4.79 Å². The van der Waals surface area contributed by atoms with Gasteiger partial charge in [0.15, 0.2) is 0 Å². The van der Waals surface area contributed by atoms with Crippen LogP contribution in [0.1, 0.15) is 22.3 Å². The Hall–Kier alpha value is -2.03. The zero-order valence-corrected chi connectivity index (χ0v) is 10.6. The molecule has 0 aliphatic rings. The van der Waals surface area contributed by atoms with Crippen LogP contribution < -0.4 is 5.32 Å². The lowest BCUT2D eigenvalue weighted by Gasteiger charge is -2.07. The lowest BCUT2D eigenvalue weighted by Crippen LogP contribution is -2.25. The Morgan fingerprint density at radius 3 is 2.61 bits per heavy atom. The second kappa shape index (κ2) is 6.05. The Bertz CT molecular complexity index is 503. The van der Waals surface area contributed by atoms with Gasteiger partial charge < -0.3 is 9.88 Å². The number of carbonyl (C=O) groups excluding carboxylic acids is 1. The molecule has 0 aliphatic carbocycles. The summed E-state index contributed by atoms with van der Waals surface area (Å²) in [5.41, 5.74) is 1.78. The Balaban J connectivity index is 1.77. The minimum Gasteiger partial charge on any atom is -0.354 e. The highest BCUT2D eigenvalue weighted by Gasteiger charge is 2.06. The minimum atomic E-state index is 0.0145. The van der Waals surface area contributed by atoms with Crippen molar-refractivity contribution >= 4 is 5.91 Å². The largest absolute Gasteiger partial charge is 0.354 e. The van der Waals surface area contributed by atoms with E-state index >= 15 is 0 Å². The van der Waals surface area contributed by atoms with E-state index in [1.165, 1.54) is 0 Å². The van der Waals surface area contributed by atoms with Crippen LogP contribution in [0, 0.1) is 6.92 Å². The van der Waals surface area contributed by atoms with Crippen LogP contribution in [0.5, 0.6) is 0 Å². The van der Waals surface area contributed by atoms with Crippen LogP contribution in [0.3, 0.4) is 0 Å². The van der Waals surface area contributed by atoms with Crippen LogP contribution in [-0.2, 0) is 6.54 Å². The van der Waals surface area contributed by atoms with Crippen molar-refractivity contribution in [2.45, 2.75) is 19.9 Å². The maximum atomic E-state index is 11.9. The van der Waals surface area contributed by atoms with Crippen LogP contribution in [0.15, 0.2) is 48.8 Å². The first-order valence-corrected chi connectivity index (χ1v) is 6.22. The molecular weight excluding hydrogens is 224 g/mol. The first kappa shape index (κ1) is 12.4. The lowest BCUT2D eigenvalue weighted by atomic mass is 10.1. The number of hydrogen-bond acceptors (Lipinski definition) is 1. The Morgan fingerprint density at radius 2 is 1.89 bits per heavy atom. The van der Waals surface area contributed by atoms with E-state index in [-0.39, 0.29) is 5.91 Å². The number of hydrogen-bond donors (Lipinski definition) is 1. The third-order valence-corrected chi connectivity index (χ3v) is 2.93. The van der Waals surface area contributed by atoms with Crippen LogP contribution >= 0.6 is 0 Å². The fraction of sp³-hybridized carbons (Fsp3) is 0.267. The average Bonchev–Trinajstić information content (AvgIpc) is 2.88. The van der Waals surface area contributed by atoms with Crippen LogP contribution in [0.4, 0.5) is 0 Å². The van der Waals surface area contributed by atoms with E-state index in [9.17, 15) is 4.79 Å². The van der Waals surface area contributed by atoms with Crippen molar-refractivity contribution in [3.05, 3.63) is 59.9 Å². The van der Waals surface area contributed by atoms with E-state index < -0.39 is 0 Å². The third kappa shape index (κ3) is 3.23. The van der Waals surface area contributed by atoms with Gasteiger partial charge in [-0.15, -0.1) is 0 Å². The van der Waals surface area contributed by atoms with E-state index in [2.05, 4.69) is 9.88 Å². The van der Waals surface area contributed by atoms with Crippen LogP contribution in [0.25, 0.3) is 0 Å². The van der Waals surface area contributed by atoms with Gasteiger partial charge >= 0.3 is 0 Å². The molecule has 0 unspecified atom stereocenters. The highest BCUT2D eigenvalue weighted by atomic mass is 16.1. The molecule has 1 aromatic heterocycles. The van der Waals surface area contributed by atoms with Gasteiger partial charge in [-0.2, -0.15) is 0 Å². The van der Waals surface area contributed by atoms with Gasteiger partial charge in [0.25, 0.3) is 5.91 Å². The van der Waals surface area contributed by atoms with Crippen molar-refractivity contribution in [2.75, 3.05) is 6.54 Å². The maximum absolute atomic E-state index is 11.9. The molecule has 3 heteroatoms. The molecule has 18 heavy (non-hydrogen) atoms. The molecule has 1 amide bonds. The van der Waals surface area contributed by atoms with Gasteiger partial charge in [0.2, 0.25) is 0 Å². The molecule has 2 aromatic rings. The molecule has 3 nitrogen and oxygen atoms in total. The summed E-state index contributed by atoms with van der Waals surface area (Å²) in [5.74, 6) is 0.0145. The van der Waals surface area contributed by atoms with Crippen LogP contribution in [-0.4, -0.2) is 17.0 Å². The number of nitrogens with one attached hydrogen (secondary N) is 1. The molecule has 0 bridgehead atoms. The molecule has 0 atom stereocenters. The lowest BCUT2D eigenvalue weighted by molar-refractivity contribution is 0.0952. The SMILES string of the molecule is Cc1ccccc1C(=O)NCCCn1cccc1. The topological polar surface area (TPSA) is 34.0 Å². The fourth-order valence-corrected chi connectivity index (χ4v) is 1.91. The predicted molar refractivity (Wildman–Crippen MR) is 72.6 cm³/mol. The first-order valence-electron chi connectivity index (χ1n) is 6.22. The Kier molecular flexibility index (Phi) is 4.18. The first-order chi connectivity index (χ1) is 8.77. The summed E-state index contributed by atoms with van der Waals surface area (Å²) in [6, 6.07) is 11.7. The Labute approximate surface area is 107 Å². The molecule has 0 spiro atoms. The molecule has 0 fully saturated rings. The number of benzene rings is 1. The van der Waals surface area contributed by atoms with Gasteiger partial charge in [-0.3, -0.25) is 4.79 Å². The second-order valence-corrected chi connectivity index (χ2v) is 4.35. The number of carbonyl (C=O) groups is 1. The molecule has 0 radical (unpaired) electrons. The van der Waals surface area contributed by atoms with E-state index in [1.54, 1.807) is 0 Å². The minimum absolute atomic E-state index is 0.0145. The number of nitrogens with zero attached hydrogens (tertiary/aromatic N) is 1. The van der Waals surface area contributed by atoms with Crippen LogP contribution in [0.2, 0.25) is 0 Å². The number of aromatic nitrogens is 1. The summed E-state index contributed by atoms with van der Waals surface area (Å²) >= 11 is 0. The average molecular weight is 242 g/mol. The van der Waals surface area contributed by atoms with E-state index in [4.69, 9.17) is 0 Å². The van der Waals surface area contributed by atoms with E-state index in [1.807, 2.05) is 55.7 Å². The zero-order chi connectivity index (χ0) is 12.8. The van der Waals surface area contributed by atoms with Gasteiger partial charge in [0.05, 0.1) is 0 Å². The van der Waals surface area contributed by atoms with Gasteiger partial charge in [-0.05, 0) is 37.1 Å². The molecule has 0 aliphatic heterocycles. The van der Waals surface area contributed by atoms with E-state index in [0.29, 0.717) is 6.54 Å². The predicted octanol–water partition coefficient (Wildman–Crippen LogP) is 2.62. The fourth-order valence-electron chi connectivity index (χ4n) is 1.91. The van der Waals surface area contributed by atoms with E-state index in [0.717, 1.165) is 24.1 Å². The number of aryl methyl sites for hydroxylation is 2. The molecule has 1 N–H and O–H groups in total. The molecule has 0 saturated heterocycles. The number of amides is 1. The van der Waals surface area contributed by atoms with Gasteiger partial charge in [0.1, 0.15) is 0 Å². The highest BCUT2D eigenvalue weighted by Crippen LogP contribution is 2.06. The molecule has 1 aromatic carbocycles. The Morgan fingerprint density at radius 1 is 1.17 bits per heavy atom. The third-order valence-electron chi connectivity index (χ3n) is 2.93. The van der Waals surface area contributed by atoms with Gasteiger partial charge in [0, 0.05) is 31.0 Å². The summed E-state index contributed by atoms with van der Waals surface area (Å²) < 4.78 is 2.11. The molecule has 94 valence electrons. The number of rotatable bonds is 5. The van der Waals surface area contributed by atoms with Crippen molar-refractivity contribution in [3.63, 3.8) is 0 Å². The molecule has 0 saturated carbocycles. The highest BCUT2D eigenvalue weighted by molar-refractivity contribution is 5.95. The normalized spacial score (nSPS) is 10.3. The van der Waals surface area contributed by atoms with Crippen molar-refractivity contribution in [1.82, 2.24) is 9.88 Å². The summed E-state index contributed by atoms with van der Waals surface area (Å²) in [7, 11) is 0. The second-order valence-electron chi connectivity index (χ2n) is 4.35. The summed E-state index contributed by atoms with van der Waals surface area (Å²) in [4.78, 5) is 11.9. The molecular formula is C15H18N2O. The van der Waals surface area contributed by atoms with Crippen molar-refractivity contribution in [1.29, 1.82) is 0 Å². The van der Waals surface area contributed by atoms with Gasteiger partial charge in [-0.25, -0.2) is 0 Å². The zero-order valence-electron chi connectivity index (χ0n) is 10.6.